The minimum atomic E-state index is -3.56. The molecule has 1 heterocycles. The molecule has 0 saturated heterocycles. The number of hydrogen-bond donors (Lipinski definition) is 2. The van der Waals surface area contributed by atoms with Crippen LogP contribution in [-0.4, -0.2) is 45.4 Å². The summed E-state index contributed by atoms with van der Waals surface area (Å²) < 4.78 is 35.5. The van der Waals surface area contributed by atoms with Crippen LogP contribution < -0.4 is 20.1 Å². The maximum absolute atomic E-state index is 12.0. The number of fused-ring (bicyclic) bond motifs is 1. The molecule has 2 aromatic carbocycles. The summed E-state index contributed by atoms with van der Waals surface area (Å²) in [5.74, 6) is -0.731. The molecule has 2 aromatic rings. The number of nitrogens with one attached hydrogen (secondary N) is 2. The molecule has 0 atom stereocenters. The van der Waals surface area contributed by atoms with Crippen LogP contribution in [0.3, 0.4) is 0 Å². The molecular formula is C17H17N3O6S. The molecule has 0 radical (unpaired) electrons. The third-order valence-electron chi connectivity index (χ3n) is 3.73. The van der Waals surface area contributed by atoms with Crippen LogP contribution >= 0.6 is 0 Å². The van der Waals surface area contributed by atoms with E-state index in [1.807, 2.05) is 0 Å². The lowest BCUT2D eigenvalue weighted by Gasteiger charge is -2.12. The number of rotatable bonds is 4. The number of hydrogen-bond acceptors (Lipinski definition) is 6. The van der Waals surface area contributed by atoms with Crippen LogP contribution in [0.15, 0.2) is 47.4 Å². The molecule has 0 spiro atoms. The van der Waals surface area contributed by atoms with Crippen LogP contribution in [0, 0.1) is 0 Å². The minimum Gasteiger partial charge on any atom is -0.454 e. The average Bonchev–Trinajstić information content (AvgIpc) is 3.09. The summed E-state index contributed by atoms with van der Waals surface area (Å²) in [6.07, 6.45) is 0. The van der Waals surface area contributed by atoms with Gasteiger partial charge in [-0.05, 0) is 36.4 Å². The molecule has 142 valence electrons. The van der Waals surface area contributed by atoms with Crippen LogP contribution in [0.1, 0.15) is 0 Å². The van der Waals surface area contributed by atoms with Crippen molar-refractivity contribution < 1.29 is 27.5 Å². The maximum Gasteiger partial charge on any atom is 0.314 e. The highest BCUT2D eigenvalue weighted by molar-refractivity contribution is 7.89. The highest BCUT2D eigenvalue weighted by Crippen LogP contribution is 2.34. The zero-order valence-corrected chi connectivity index (χ0v) is 15.4. The van der Waals surface area contributed by atoms with Gasteiger partial charge in [-0.2, -0.15) is 0 Å². The Morgan fingerprint density at radius 3 is 2.07 bits per heavy atom. The molecule has 0 saturated carbocycles. The van der Waals surface area contributed by atoms with Gasteiger partial charge < -0.3 is 20.1 Å². The van der Waals surface area contributed by atoms with E-state index >= 15 is 0 Å². The first kappa shape index (κ1) is 18.7. The van der Waals surface area contributed by atoms with Crippen molar-refractivity contribution in [3.8, 4) is 11.5 Å². The lowest BCUT2D eigenvalue weighted by atomic mass is 10.2. The Morgan fingerprint density at radius 1 is 0.889 bits per heavy atom. The second-order valence-electron chi connectivity index (χ2n) is 5.79. The zero-order valence-electron chi connectivity index (χ0n) is 14.6. The van der Waals surface area contributed by atoms with Gasteiger partial charge >= 0.3 is 11.8 Å². The van der Waals surface area contributed by atoms with E-state index in [9.17, 15) is 18.0 Å². The molecule has 10 heteroatoms. The summed E-state index contributed by atoms with van der Waals surface area (Å²) in [5, 5.41) is 4.86. The first-order valence-corrected chi connectivity index (χ1v) is 9.26. The van der Waals surface area contributed by atoms with Crippen molar-refractivity contribution >= 4 is 33.2 Å². The molecular weight excluding hydrogens is 374 g/mol. The van der Waals surface area contributed by atoms with Gasteiger partial charge in [0.2, 0.25) is 16.8 Å². The molecule has 0 unspecified atom stereocenters. The maximum atomic E-state index is 12.0. The van der Waals surface area contributed by atoms with Gasteiger partial charge in [0, 0.05) is 31.5 Å². The Morgan fingerprint density at radius 2 is 1.44 bits per heavy atom. The van der Waals surface area contributed by atoms with Gasteiger partial charge in [0.15, 0.2) is 11.5 Å². The van der Waals surface area contributed by atoms with Crippen molar-refractivity contribution in [2.24, 2.45) is 0 Å². The van der Waals surface area contributed by atoms with Crippen molar-refractivity contribution in [2.75, 3.05) is 31.5 Å². The smallest absolute Gasteiger partial charge is 0.314 e. The van der Waals surface area contributed by atoms with Crippen LogP contribution in [0.25, 0.3) is 0 Å². The molecule has 1 aliphatic heterocycles. The molecule has 27 heavy (non-hydrogen) atoms. The number of sulfonamides is 1. The Bertz CT molecular complexity index is 986. The second-order valence-corrected chi connectivity index (χ2v) is 7.94. The quantitative estimate of drug-likeness (QED) is 0.758. The normalized spacial score (nSPS) is 12.7. The monoisotopic (exact) mass is 391 g/mol. The standard InChI is InChI=1S/C17H17N3O6S/c1-20(2)27(23,24)13-6-3-11(4-7-13)18-16(21)17(22)19-12-5-8-14-15(9-12)26-10-25-14/h3-9H,10H2,1-2H3,(H,18,21)(H,19,22). The van der Waals surface area contributed by atoms with E-state index in [1.165, 1.54) is 38.4 Å². The van der Waals surface area contributed by atoms with Crippen LogP contribution in [0.5, 0.6) is 11.5 Å². The van der Waals surface area contributed by atoms with Crippen LogP contribution in [-0.2, 0) is 19.6 Å². The molecule has 2 N–H and O–H groups in total. The van der Waals surface area contributed by atoms with E-state index < -0.39 is 21.8 Å². The molecule has 1 aliphatic rings. The Labute approximate surface area is 155 Å². The fourth-order valence-corrected chi connectivity index (χ4v) is 3.17. The summed E-state index contributed by atoms with van der Waals surface area (Å²) in [4.78, 5) is 24.1. The predicted molar refractivity (Wildman–Crippen MR) is 97.1 cm³/mol. The summed E-state index contributed by atoms with van der Waals surface area (Å²) in [6.45, 7) is 0.104. The summed E-state index contributed by atoms with van der Waals surface area (Å²) in [6, 6.07) is 10.3. The lowest BCUT2D eigenvalue weighted by Crippen LogP contribution is -2.29. The summed E-state index contributed by atoms with van der Waals surface area (Å²) in [5.41, 5.74) is 0.672. The lowest BCUT2D eigenvalue weighted by molar-refractivity contribution is -0.132. The van der Waals surface area contributed by atoms with E-state index in [2.05, 4.69) is 10.6 Å². The summed E-state index contributed by atoms with van der Waals surface area (Å²) in [7, 11) is -0.721. The molecule has 0 aliphatic carbocycles. The number of benzene rings is 2. The topological polar surface area (TPSA) is 114 Å². The van der Waals surface area contributed by atoms with E-state index in [-0.39, 0.29) is 11.7 Å². The first-order valence-electron chi connectivity index (χ1n) is 7.82. The fraction of sp³-hybridized carbons (Fsp3) is 0.176. The van der Waals surface area contributed by atoms with Gasteiger partial charge in [0.1, 0.15) is 0 Å². The molecule has 3 rings (SSSR count). The highest BCUT2D eigenvalue weighted by Gasteiger charge is 2.19. The third-order valence-corrected chi connectivity index (χ3v) is 5.56. The van der Waals surface area contributed by atoms with Gasteiger partial charge in [0.25, 0.3) is 0 Å². The molecule has 2 amide bonds. The number of amides is 2. The van der Waals surface area contributed by atoms with E-state index in [1.54, 1.807) is 18.2 Å². The molecule has 9 nitrogen and oxygen atoms in total. The number of nitrogens with zero attached hydrogens (tertiary/aromatic N) is 1. The minimum absolute atomic E-state index is 0.0790. The average molecular weight is 391 g/mol. The third kappa shape index (κ3) is 4.01. The molecule has 0 bridgehead atoms. The van der Waals surface area contributed by atoms with Crippen molar-refractivity contribution in [1.82, 2.24) is 4.31 Å². The fourth-order valence-electron chi connectivity index (χ4n) is 2.27. The number of carbonyl (C=O) groups excluding carboxylic acids is 2. The first-order chi connectivity index (χ1) is 12.8. The van der Waals surface area contributed by atoms with Crippen molar-refractivity contribution in [3.63, 3.8) is 0 Å². The molecule has 0 aromatic heterocycles. The van der Waals surface area contributed by atoms with Crippen molar-refractivity contribution in [1.29, 1.82) is 0 Å². The van der Waals surface area contributed by atoms with E-state index in [0.717, 1.165) is 4.31 Å². The second kappa shape index (κ2) is 7.25. The van der Waals surface area contributed by atoms with Gasteiger partial charge in [-0.25, -0.2) is 12.7 Å². The largest absolute Gasteiger partial charge is 0.454 e. The van der Waals surface area contributed by atoms with Gasteiger partial charge in [-0.1, -0.05) is 0 Å². The number of ether oxygens (including phenoxy) is 2. The van der Waals surface area contributed by atoms with Gasteiger partial charge in [-0.3, -0.25) is 9.59 Å². The Hall–Kier alpha value is -3.11. The Kier molecular flexibility index (Phi) is 5.02. The number of anilines is 2. The molecule has 0 fully saturated rings. The number of carbonyl (C=O) groups is 2. The van der Waals surface area contributed by atoms with Gasteiger partial charge in [-0.15, -0.1) is 0 Å². The Balaban J connectivity index is 1.64. The van der Waals surface area contributed by atoms with Crippen molar-refractivity contribution in [3.05, 3.63) is 42.5 Å². The van der Waals surface area contributed by atoms with E-state index in [4.69, 9.17) is 9.47 Å². The summed E-state index contributed by atoms with van der Waals surface area (Å²) >= 11 is 0. The van der Waals surface area contributed by atoms with E-state index in [0.29, 0.717) is 22.9 Å². The van der Waals surface area contributed by atoms with Crippen LogP contribution in [0.4, 0.5) is 11.4 Å². The SMILES string of the molecule is CN(C)S(=O)(=O)c1ccc(NC(=O)C(=O)Nc2ccc3c(c2)OCO3)cc1. The predicted octanol–water partition coefficient (Wildman–Crippen LogP) is 1.24. The van der Waals surface area contributed by atoms with Crippen LogP contribution in [0.2, 0.25) is 0 Å². The van der Waals surface area contributed by atoms with Crippen molar-refractivity contribution in [2.45, 2.75) is 4.90 Å². The van der Waals surface area contributed by atoms with Gasteiger partial charge in [0.05, 0.1) is 4.90 Å². The zero-order chi connectivity index (χ0) is 19.6. The highest BCUT2D eigenvalue weighted by atomic mass is 32.2.